The number of rotatable bonds is 6. The van der Waals surface area contributed by atoms with Crippen LogP contribution in [0.25, 0.3) is 0 Å². The number of halogens is 1. The van der Waals surface area contributed by atoms with Crippen molar-refractivity contribution in [1.82, 2.24) is 10.3 Å². The van der Waals surface area contributed by atoms with E-state index in [2.05, 4.69) is 22.5 Å². The molecule has 0 aliphatic rings. The van der Waals surface area contributed by atoms with E-state index in [-0.39, 0.29) is 0 Å². The fourth-order valence-electron chi connectivity index (χ4n) is 1.36. The van der Waals surface area contributed by atoms with Gasteiger partial charge in [0, 0.05) is 12.7 Å². The van der Waals surface area contributed by atoms with Gasteiger partial charge in [0.05, 0.1) is 5.02 Å². The fraction of sp³-hybridized carbons (Fsp3) is 0.500. The molecule has 1 heterocycles. The van der Waals surface area contributed by atoms with Gasteiger partial charge in [-0.05, 0) is 30.8 Å². The van der Waals surface area contributed by atoms with Gasteiger partial charge in [-0.3, -0.25) is 0 Å². The summed E-state index contributed by atoms with van der Waals surface area (Å²) in [5, 5.41) is 7.39. The Labute approximate surface area is 113 Å². The second-order valence-corrected chi connectivity index (χ2v) is 4.65. The number of hydrogen-bond donors (Lipinski definition) is 2. The molecule has 0 aliphatic carbocycles. The van der Waals surface area contributed by atoms with Gasteiger partial charge >= 0.3 is 0 Å². The Hall–Kier alpha value is -0.870. The lowest BCUT2D eigenvalue weighted by Crippen LogP contribution is -2.29. The summed E-state index contributed by atoms with van der Waals surface area (Å²) in [7, 11) is 0. The van der Waals surface area contributed by atoms with Crippen LogP contribution in [-0.4, -0.2) is 16.6 Å². The monoisotopic (exact) mass is 271 g/mol. The van der Waals surface area contributed by atoms with E-state index in [9.17, 15) is 0 Å². The van der Waals surface area contributed by atoms with Crippen molar-refractivity contribution >= 4 is 34.7 Å². The Kier molecular flexibility index (Phi) is 6.89. The van der Waals surface area contributed by atoms with E-state index in [0.29, 0.717) is 16.0 Å². The van der Waals surface area contributed by atoms with Crippen LogP contribution in [0.5, 0.6) is 0 Å². The molecule has 3 nitrogen and oxygen atoms in total. The first-order valence-corrected chi connectivity index (χ1v) is 6.67. The van der Waals surface area contributed by atoms with Crippen molar-refractivity contribution in [3.63, 3.8) is 0 Å². The normalized spacial score (nSPS) is 10.0. The number of pyridine rings is 1. The van der Waals surface area contributed by atoms with Crippen molar-refractivity contribution in [2.45, 2.75) is 32.6 Å². The molecule has 0 amide bonds. The molecule has 0 atom stereocenters. The molecule has 1 aromatic heterocycles. The number of unbranched alkanes of at least 4 members (excludes halogenated alkanes) is 3. The first-order valence-electron chi connectivity index (χ1n) is 5.88. The van der Waals surface area contributed by atoms with Crippen LogP contribution in [0.4, 0.5) is 5.82 Å². The van der Waals surface area contributed by atoms with Gasteiger partial charge in [0.25, 0.3) is 0 Å². The molecule has 0 bridgehead atoms. The molecule has 0 unspecified atom stereocenters. The third-order valence-electron chi connectivity index (χ3n) is 2.28. The second kappa shape index (κ2) is 8.25. The van der Waals surface area contributed by atoms with Crippen molar-refractivity contribution < 1.29 is 0 Å². The van der Waals surface area contributed by atoms with Gasteiger partial charge in [-0.15, -0.1) is 0 Å². The molecule has 0 saturated carbocycles. The zero-order valence-electron chi connectivity index (χ0n) is 10.0. The third kappa shape index (κ3) is 6.44. The highest BCUT2D eigenvalue weighted by Crippen LogP contribution is 2.09. The summed E-state index contributed by atoms with van der Waals surface area (Å²) in [6, 6.07) is 3.58. The maximum Gasteiger partial charge on any atom is 0.171 e. The molecule has 17 heavy (non-hydrogen) atoms. The summed E-state index contributed by atoms with van der Waals surface area (Å²) in [4.78, 5) is 4.11. The minimum absolute atomic E-state index is 0.608. The van der Waals surface area contributed by atoms with Gasteiger partial charge in [0.15, 0.2) is 5.11 Å². The predicted octanol–water partition coefficient (Wildman–Crippen LogP) is 3.60. The highest BCUT2D eigenvalue weighted by molar-refractivity contribution is 7.80. The number of hydrogen-bond acceptors (Lipinski definition) is 2. The smallest absolute Gasteiger partial charge is 0.171 e. The highest BCUT2D eigenvalue weighted by atomic mass is 35.5. The Morgan fingerprint density at radius 1 is 1.35 bits per heavy atom. The van der Waals surface area contributed by atoms with E-state index >= 15 is 0 Å². The molecular formula is C12H18ClN3S. The lowest BCUT2D eigenvalue weighted by atomic mass is 10.2. The third-order valence-corrected chi connectivity index (χ3v) is 2.75. The lowest BCUT2D eigenvalue weighted by molar-refractivity contribution is 0.655. The van der Waals surface area contributed by atoms with Gasteiger partial charge in [0.2, 0.25) is 0 Å². The van der Waals surface area contributed by atoms with Crippen LogP contribution in [-0.2, 0) is 0 Å². The van der Waals surface area contributed by atoms with E-state index in [0.717, 1.165) is 13.0 Å². The predicted molar refractivity (Wildman–Crippen MR) is 77.6 cm³/mol. The molecule has 1 rings (SSSR count). The number of nitrogens with zero attached hydrogens (tertiary/aromatic N) is 1. The van der Waals surface area contributed by atoms with Crippen LogP contribution >= 0.6 is 23.8 Å². The molecule has 5 heteroatoms. The van der Waals surface area contributed by atoms with E-state index in [1.54, 1.807) is 18.3 Å². The molecule has 0 aliphatic heterocycles. The Balaban J connectivity index is 2.18. The topological polar surface area (TPSA) is 37.0 Å². The minimum Gasteiger partial charge on any atom is -0.362 e. The minimum atomic E-state index is 0.608. The SMILES string of the molecule is CCCCCCNC(=S)Nc1ccc(Cl)cn1. The Morgan fingerprint density at radius 3 is 2.82 bits per heavy atom. The van der Waals surface area contributed by atoms with Crippen molar-refractivity contribution in [3.05, 3.63) is 23.4 Å². The molecule has 0 spiro atoms. The van der Waals surface area contributed by atoms with E-state index in [1.165, 1.54) is 19.3 Å². The summed E-state index contributed by atoms with van der Waals surface area (Å²) >= 11 is 10.9. The molecule has 0 saturated heterocycles. The maximum atomic E-state index is 5.74. The second-order valence-electron chi connectivity index (χ2n) is 3.80. The highest BCUT2D eigenvalue weighted by Gasteiger charge is 1.98. The summed E-state index contributed by atoms with van der Waals surface area (Å²) < 4.78 is 0. The fourth-order valence-corrected chi connectivity index (χ4v) is 1.68. The van der Waals surface area contributed by atoms with Crippen LogP contribution in [0.15, 0.2) is 18.3 Å². The van der Waals surface area contributed by atoms with Crippen LogP contribution in [0.1, 0.15) is 32.6 Å². The molecule has 0 radical (unpaired) electrons. The van der Waals surface area contributed by atoms with E-state index in [1.807, 2.05) is 0 Å². The number of nitrogens with one attached hydrogen (secondary N) is 2. The molecule has 0 fully saturated rings. The lowest BCUT2D eigenvalue weighted by Gasteiger charge is -2.09. The zero-order valence-corrected chi connectivity index (χ0v) is 11.6. The largest absolute Gasteiger partial charge is 0.362 e. The number of thiocarbonyl (C=S) groups is 1. The average molecular weight is 272 g/mol. The van der Waals surface area contributed by atoms with Crippen molar-refractivity contribution in [3.8, 4) is 0 Å². The number of aromatic nitrogens is 1. The molecular weight excluding hydrogens is 254 g/mol. The standard InChI is InChI=1S/C12H18ClN3S/c1-2-3-4-5-8-14-12(17)16-11-7-6-10(13)9-15-11/h6-7,9H,2-5,8H2,1H3,(H2,14,15,16,17). The summed E-state index contributed by atoms with van der Waals surface area (Å²) in [5.41, 5.74) is 0. The quantitative estimate of drug-likeness (QED) is 0.612. The summed E-state index contributed by atoms with van der Waals surface area (Å²) in [5.74, 6) is 0.709. The van der Waals surface area contributed by atoms with Crippen LogP contribution in [0.2, 0.25) is 5.02 Å². The molecule has 2 N–H and O–H groups in total. The van der Waals surface area contributed by atoms with Gasteiger partial charge < -0.3 is 10.6 Å². The molecule has 94 valence electrons. The molecule has 0 aromatic carbocycles. The Morgan fingerprint density at radius 2 is 2.18 bits per heavy atom. The average Bonchev–Trinajstić information content (AvgIpc) is 2.32. The Bertz CT molecular complexity index is 340. The van der Waals surface area contributed by atoms with Crippen molar-refractivity contribution in [2.24, 2.45) is 0 Å². The zero-order chi connectivity index (χ0) is 12.5. The van der Waals surface area contributed by atoms with Gasteiger partial charge in [-0.1, -0.05) is 37.8 Å². The summed E-state index contributed by atoms with van der Waals surface area (Å²) in [6.07, 6.45) is 6.50. The van der Waals surface area contributed by atoms with Crippen LogP contribution in [0.3, 0.4) is 0 Å². The van der Waals surface area contributed by atoms with Crippen LogP contribution < -0.4 is 10.6 Å². The summed E-state index contributed by atoms with van der Waals surface area (Å²) in [6.45, 7) is 3.10. The number of anilines is 1. The van der Waals surface area contributed by atoms with Gasteiger partial charge in [-0.25, -0.2) is 4.98 Å². The van der Waals surface area contributed by atoms with E-state index < -0.39 is 0 Å². The first kappa shape index (κ1) is 14.2. The van der Waals surface area contributed by atoms with Crippen LogP contribution in [0, 0.1) is 0 Å². The van der Waals surface area contributed by atoms with E-state index in [4.69, 9.17) is 23.8 Å². The van der Waals surface area contributed by atoms with Crippen molar-refractivity contribution in [1.29, 1.82) is 0 Å². The van der Waals surface area contributed by atoms with Gasteiger partial charge in [-0.2, -0.15) is 0 Å². The first-order chi connectivity index (χ1) is 8.22. The van der Waals surface area contributed by atoms with Crippen molar-refractivity contribution in [2.75, 3.05) is 11.9 Å². The van der Waals surface area contributed by atoms with Gasteiger partial charge in [0.1, 0.15) is 5.82 Å². The maximum absolute atomic E-state index is 5.74. The molecule has 1 aromatic rings.